The molecule has 2 rings (SSSR count). The third kappa shape index (κ3) is 1.85. The predicted molar refractivity (Wildman–Crippen MR) is 59.5 cm³/mol. The van der Waals surface area contributed by atoms with E-state index in [-0.39, 0.29) is 0 Å². The number of rotatable bonds is 2. The Morgan fingerprint density at radius 2 is 1.93 bits per heavy atom. The fourth-order valence-corrected chi connectivity index (χ4v) is 2.89. The Morgan fingerprint density at radius 1 is 1.20 bits per heavy atom. The van der Waals surface area contributed by atoms with Gasteiger partial charge in [0.05, 0.1) is 5.41 Å². The Hall–Kier alpha value is -1.05. The maximum absolute atomic E-state index is 11.5. The highest BCUT2D eigenvalue weighted by Crippen LogP contribution is 2.44. The van der Waals surface area contributed by atoms with Crippen LogP contribution in [0.15, 0.2) is 24.3 Å². The Balaban J connectivity index is 2.21. The first-order valence-electron chi connectivity index (χ1n) is 5.83. The van der Waals surface area contributed by atoms with E-state index < -0.39 is 11.4 Å². The molecule has 2 heteroatoms. The van der Waals surface area contributed by atoms with E-state index in [1.807, 2.05) is 24.3 Å². The van der Waals surface area contributed by atoms with Gasteiger partial charge >= 0.3 is 5.97 Å². The number of hydrogen-bond acceptors (Lipinski definition) is 1. The molecule has 1 fully saturated rings. The molecule has 2 aliphatic carbocycles. The summed E-state index contributed by atoms with van der Waals surface area (Å²) in [5.74, 6) is -0.306. The van der Waals surface area contributed by atoms with Crippen molar-refractivity contribution in [2.24, 2.45) is 11.3 Å². The number of carboxylic acid groups (broad SMARTS) is 1. The van der Waals surface area contributed by atoms with E-state index in [0.717, 1.165) is 12.8 Å². The SMILES string of the molecule is O=C(O)C1(C2CCCCC2)C=CC=CC1. The number of carboxylic acids is 1. The Morgan fingerprint density at radius 3 is 2.47 bits per heavy atom. The topological polar surface area (TPSA) is 37.3 Å². The number of hydrogen-bond donors (Lipinski definition) is 1. The molecule has 1 atom stereocenters. The molecule has 1 unspecified atom stereocenters. The molecular weight excluding hydrogens is 188 g/mol. The highest BCUT2D eigenvalue weighted by atomic mass is 16.4. The van der Waals surface area contributed by atoms with Crippen molar-refractivity contribution in [2.45, 2.75) is 38.5 Å². The zero-order chi connectivity index (χ0) is 10.7. The summed E-state index contributed by atoms with van der Waals surface area (Å²) in [4.78, 5) is 11.5. The summed E-state index contributed by atoms with van der Waals surface area (Å²) in [6.07, 6.45) is 14.2. The first-order chi connectivity index (χ1) is 7.26. The van der Waals surface area contributed by atoms with Crippen molar-refractivity contribution in [3.8, 4) is 0 Å². The molecule has 0 amide bonds. The minimum atomic E-state index is -0.644. The van der Waals surface area contributed by atoms with Gasteiger partial charge in [-0.3, -0.25) is 4.79 Å². The minimum absolute atomic E-state index is 0.338. The van der Waals surface area contributed by atoms with Crippen LogP contribution in [-0.2, 0) is 4.79 Å². The molecule has 0 aromatic carbocycles. The first kappa shape index (κ1) is 10.5. The monoisotopic (exact) mass is 206 g/mol. The second-order valence-corrected chi connectivity index (χ2v) is 4.67. The van der Waals surface area contributed by atoms with Crippen molar-refractivity contribution in [2.75, 3.05) is 0 Å². The smallest absolute Gasteiger partial charge is 0.314 e. The lowest BCUT2D eigenvalue weighted by Crippen LogP contribution is -2.38. The molecule has 0 aromatic heterocycles. The molecule has 0 aliphatic heterocycles. The van der Waals surface area contributed by atoms with Crippen LogP contribution in [0.3, 0.4) is 0 Å². The van der Waals surface area contributed by atoms with Crippen LogP contribution in [0.4, 0.5) is 0 Å². The lowest BCUT2D eigenvalue weighted by atomic mass is 9.65. The van der Waals surface area contributed by atoms with Crippen LogP contribution in [0.5, 0.6) is 0 Å². The lowest BCUT2D eigenvalue weighted by molar-refractivity contribution is -0.149. The molecule has 0 radical (unpaired) electrons. The van der Waals surface area contributed by atoms with Crippen molar-refractivity contribution >= 4 is 5.97 Å². The molecule has 0 aromatic rings. The van der Waals surface area contributed by atoms with Crippen LogP contribution in [0.25, 0.3) is 0 Å². The van der Waals surface area contributed by atoms with Gasteiger partial charge in [-0.1, -0.05) is 43.6 Å². The van der Waals surface area contributed by atoms with Crippen LogP contribution >= 0.6 is 0 Å². The van der Waals surface area contributed by atoms with Gasteiger partial charge in [-0.2, -0.15) is 0 Å². The average molecular weight is 206 g/mol. The minimum Gasteiger partial charge on any atom is -0.481 e. The van der Waals surface area contributed by atoms with Gasteiger partial charge in [0.25, 0.3) is 0 Å². The zero-order valence-electron chi connectivity index (χ0n) is 8.98. The van der Waals surface area contributed by atoms with Crippen LogP contribution in [0.2, 0.25) is 0 Å². The van der Waals surface area contributed by atoms with E-state index in [1.165, 1.54) is 19.3 Å². The normalized spacial score (nSPS) is 31.7. The second kappa shape index (κ2) is 4.21. The third-order valence-corrected chi connectivity index (χ3v) is 3.83. The predicted octanol–water partition coefficient (Wildman–Crippen LogP) is 3.15. The quantitative estimate of drug-likeness (QED) is 0.753. The third-order valence-electron chi connectivity index (χ3n) is 3.83. The summed E-state index contributed by atoms with van der Waals surface area (Å²) in [6.45, 7) is 0. The molecule has 0 heterocycles. The van der Waals surface area contributed by atoms with Gasteiger partial charge in [-0.05, 0) is 25.2 Å². The molecule has 2 aliphatic rings. The summed E-state index contributed by atoms with van der Waals surface area (Å²) < 4.78 is 0. The van der Waals surface area contributed by atoms with Gasteiger partial charge < -0.3 is 5.11 Å². The highest BCUT2D eigenvalue weighted by molar-refractivity contribution is 5.78. The first-order valence-corrected chi connectivity index (χ1v) is 5.83. The molecule has 0 spiro atoms. The standard InChI is InChI=1S/C13H18O2/c14-12(15)13(9-5-2-6-10-13)11-7-3-1-4-8-11/h2,5-6,9,11H,1,3-4,7-8,10H2,(H,14,15). The van der Waals surface area contributed by atoms with Crippen molar-refractivity contribution < 1.29 is 9.90 Å². The van der Waals surface area contributed by atoms with Gasteiger partial charge in [0.2, 0.25) is 0 Å². The fraction of sp³-hybridized carbons (Fsp3) is 0.615. The van der Waals surface area contributed by atoms with E-state index in [9.17, 15) is 9.90 Å². The molecule has 1 N–H and O–H groups in total. The summed E-state index contributed by atoms with van der Waals surface area (Å²) >= 11 is 0. The summed E-state index contributed by atoms with van der Waals surface area (Å²) in [7, 11) is 0. The Kier molecular flexibility index (Phi) is 2.94. The number of allylic oxidation sites excluding steroid dienone is 3. The molecule has 0 saturated heterocycles. The molecule has 82 valence electrons. The van der Waals surface area contributed by atoms with E-state index in [2.05, 4.69) is 0 Å². The van der Waals surface area contributed by atoms with E-state index >= 15 is 0 Å². The van der Waals surface area contributed by atoms with Gasteiger partial charge in [0.1, 0.15) is 0 Å². The molecule has 2 nitrogen and oxygen atoms in total. The van der Waals surface area contributed by atoms with Crippen molar-refractivity contribution in [1.29, 1.82) is 0 Å². The van der Waals surface area contributed by atoms with Gasteiger partial charge in [-0.25, -0.2) is 0 Å². The van der Waals surface area contributed by atoms with E-state index in [1.54, 1.807) is 0 Å². The van der Waals surface area contributed by atoms with Crippen molar-refractivity contribution in [1.82, 2.24) is 0 Å². The second-order valence-electron chi connectivity index (χ2n) is 4.67. The van der Waals surface area contributed by atoms with Gasteiger partial charge in [-0.15, -0.1) is 0 Å². The molecule has 1 saturated carbocycles. The van der Waals surface area contributed by atoms with Crippen molar-refractivity contribution in [3.05, 3.63) is 24.3 Å². The summed E-state index contributed by atoms with van der Waals surface area (Å²) in [5, 5.41) is 9.46. The van der Waals surface area contributed by atoms with Crippen LogP contribution in [0.1, 0.15) is 38.5 Å². The van der Waals surface area contributed by atoms with Gasteiger partial charge in [0, 0.05) is 0 Å². The van der Waals surface area contributed by atoms with Gasteiger partial charge in [0.15, 0.2) is 0 Å². The summed E-state index contributed by atoms with van der Waals surface area (Å²) in [6, 6.07) is 0. The lowest BCUT2D eigenvalue weighted by Gasteiger charge is -2.37. The molecule has 0 bridgehead atoms. The van der Waals surface area contributed by atoms with Crippen LogP contribution < -0.4 is 0 Å². The van der Waals surface area contributed by atoms with Crippen molar-refractivity contribution in [3.63, 3.8) is 0 Å². The Bertz CT molecular complexity index is 298. The largest absolute Gasteiger partial charge is 0.481 e. The summed E-state index contributed by atoms with van der Waals surface area (Å²) in [5.41, 5.74) is -0.602. The van der Waals surface area contributed by atoms with Crippen LogP contribution in [0, 0.1) is 11.3 Å². The molecular formula is C13H18O2. The zero-order valence-corrected chi connectivity index (χ0v) is 8.98. The molecule has 15 heavy (non-hydrogen) atoms. The fourth-order valence-electron chi connectivity index (χ4n) is 2.89. The number of carbonyl (C=O) groups is 1. The van der Waals surface area contributed by atoms with Crippen LogP contribution in [-0.4, -0.2) is 11.1 Å². The maximum atomic E-state index is 11.5. The average Bonchev–Trinajstić information content (AvgIpc) is 2.31. The van der Waals surface area contributed by atoms with E-state index in [0.29, 0.717) is 12.3 Å². The maximum Gasteiger partial charge on any atom is 0.314 e. The van der Waals surface area contributed by atoms with E-state index in [4.69, 9.17) is 0 Å². The Labute approximate surface area is 90.7 Å². The highest BCUT2D eigenvalue weighted by Gasteiger charge is 2.43. The number of aliphatic carboxylic acids is 1.